The second-order valence-electron chi connectivity index (χ2n) is 6.85. The van der Waals surface area contributed by atoms with Crippen molar-refractivity contribution in [3.63, 3.8) is 0 Å². The Morgan fingerprint density at radius 3 is 1.90 bits per heavy atom. The fraction of sp³-hybridized carbons (Fsp3) is 0.120. The van der Waals surface area contributed by atoms with E-state index in [1.807, 2.05) is 0 Å². The van der Waals surface area contributed by atoms with E-state index in [1.54, 1.807) is 19.1 Å². The molecule has 160 valence electrons. The molecule has 0 bridgehead atoms. The first-order chi connectivity index (χ1) is 14.8. The third kappa shape index (κ3) is 5.08. The average Bonchev–Trinajstić information content (AvgIpc) is 2.76. The molecule has 0 aliphatic carbocycles. The summed E-state index contributed by atoms with van der Waals surface area (Å²) in [5.41, 5.74) is 0.782. The number of benzene rings is 3. The summed E-state index contributed by atoms with van der Waals surface area (Å²) >= 11 is 0. The maximum Gasteiger partial charge on any atom is 0.194 e. The lowest BCUT2D eigenvalue weighted by molar-refractivity contribution is 0.447. The molecule has 0 N–H and O–H groups in total. The smallest absolute Gasteiger partial charge is 0.194 e. The minimum Gasteiger partial charge on any atom is -0.209 e. The zero-order chi connectivity index (χ0) is 22.5. The number of rotatable bonds is 6. The molecule has 0 atom stereocenters. The Hall–Kier alpha value is -3.28. The Labute approximate surface area is 176 Å². The highest BCUT2D eigenvalue weighted by Gasteiger charge is 2.15. The van der Waals surface area contributed by atoms with Crippen molar-refractivity contribution >= 4 is 5.83 Å². The summed E-state index contributed by atoms with van der Waals surface area (Å²) in [6.45, 7) is 1.79. The maximum absolute atomic E-state index is 14.6. The summed E-state index contributed by atoms with van der Waals surface area (Å²) in [5.74, 6) is -7.02. The molecule has 0 aliphatic heterocycles. The molecule has 0 unspecified atom stereocenters. The minimum absolute atomic E-state index is 0.0465. The van der Waals surface area contributed by atoms with E-state index in [0.717, 1.165) is 6.07 Å². The van der Waals surface area contributed by atoms with E-state index in [4.69, 9.17) is 0 Å². The van der Waals surface area contributed by atoms with Crippen LogP contribution in [0.25, 0.3) is 28.1 Å². The van der Waals surface area contributed by atoms with Crippen LogP contribution >= 0.6 is 0 Å². The van der Waals surface area contributed by atoms with Crippen molar-refractivity contribution in [2.45, 2.75) is 19.8 Å². The van der Waals surface area contributed by atoms with Crippen LogP contribution in [0.1, 0.15) is 25.3 Å². The van der Waals surface area contributed by atoms with E-state index in [9.17, 15) is 26.3 Å². The summed E-state index contributed by atoms with van der Waals surface area (Å²) < 4.78 is 82.7. The topological polar surface area (TPSA) is 0 Å². The predicted octanol–water partition coefficient (Wildman–Crippen LogP) is 8.54. The highest BCUT2D eigenvalue weighted by atomic mass is 19.2. The molecular formula is C25H18F6. The van der Waals surface area contributed by atoms with Crippen molar-refractivity contribution in [1.82, 2.24) is 0 Å². The highest BCUT2D eigenvalue weighted by Crippen LogP contribution is 2.31. The van der Waals surface area contributed by atoms with E-state index in [2.05, 4.69) is 0 Å². The molecule has 0 fully saturated rings. The standard InChI is InChI=1S/C25H18F6/c1-2-3-4-5-20(26)24(30)16-8-6-15(7-9-16)17-10-11-19(21(27)12-17)18-13-22(28)25(31)23(29)14-18/h2-3,6-14H,4-5H2,1H3. The van der Waals surface area contributed by atoms with Crippen molar-refractivity contribution < 1.29 is 26.3 Å². The Morgan fingerprint density at radius 1 is 0.742 bits per heavy atom. The van der Waals surface area contributed by atoms with Crippen LogP contribution in [0.15, 0.2) is 72.6 Å². The molecule has 6 heteroatoms. The number of hydrogen-bond acceptors (Lipinski definition) is 0. The van der Waals surface area contributed by atoms with Gasteiger partial charge < -0.3 is 0 Å². The van der Waals surface area contributed by atoms with Crippen LogP contribution in [0, 0.1) is 23.3 Å². The van der Waals surface area contributed by atoms with Gasteiger partial charge in [0.2, 0.25) is 0 Å². The van der Waals surface area contributed by atoms with Crippen LogP contribution in [0.3, 0.4) is 0 Å². The van der Waals surface area contributed by atoms with Crippen molar-refractivity contribution in [1.29, 1.82) is 0 Å². The van der Waals surface area contributed by atoms with E-state index in [-0.39, 0.29) is 23.1 Å². The molecule has 0 aromatic heterocycles. The quantitative estimate of drug-likeness (QED) is 0.208. The number of hydrogen-bond donors (Lipinski definition) is 0. The van der Waals surface area contributed by atoms with Gasteiger partial charge in [0, 0.05) is 17.5 Å². The summed E-state index contributed by atoms with van der Waals surface area (Å²) in [6, 6.07) is 11.2. The predicted molar refractivity (Wildman–Crippen MR) is 110 cm³/mol. The van der Waals surface area contributed by atoms with Crippen molar-refractivity contribution in [3.8, 4) is 22.3 Å². The van der Waals surface area contributed by atoms with Gasteiger partial charge in [0.25, 0.3) is 0 Å². The normalized spacial score (nSPS) is 12.4. The van der Waals surface area contributed by atoms with Crippen molar-refractivity contribution in [2.75, 3.05) is 0 Å². The Kier molecular flexibility index (Phi) is 7.00. The fourth-order valence-corrected chi connectivity index (χ4v) is 3.09. The summed E-state index contributed by atoms with van der Waals surface area (Å²) in [7, 11) is 0. The van der Waals surface area contributed by atoms with E-state index in [0.29, 0.717) is 29.7 Å². The van der Waals surface area contributed by atoms with Gasteiger partial charge in [-0.15, -0.1) is 0 Å². The van der Waals surface area contributed by atoms with Crippen LogP contribution in [-0.4, -0.2) is 0 Å². The third-order valence-corrected chi connectivity index (χ3v) is 4.74. The first-order valence-corrected chi connectivity index (χ1v) is 9.52. The molecule has 0 heterocycles. The second kappa shape index (κ2) is 9.69. The molecule has 3 aromatic rings. The monoisotopic (exact) mass is 432 g/mol. The van der Waals surface area contributed by atoms with Gasteiger partial charge in [-0.2, -0.15) is 0 Å². The van der Waals surface area contributed by atoms with Gasteiger partial charge in [-0.25, -0.2) is 26.3 Å². The summed E-state index contributed by atoms with van der Waals surface area (Å²) in [5, 5.41) is 0. The minimum atomic E-state index is -1.62. The van der Waals surface area contributed by atoms with Gasteiger partial charge >= 0.3 is 0 Å². The van der Waals surface area contributed by atoms with Gasteiger partial charge in [-0.3, -0.25) is 0 Å². The molecule has 0 spiro atoms. The van der Waals surface area contributed by atoms with E-state index >= 15 is 0 Å². The Bertz CT molecular complexity index is 1120. The van der Waals surface area contributed by atoms with Crippen molar-refractivity contribution in [3.05, 3.63) is 101 Å². The van der Waals surface area contributed by atoms with Gasteiger partial charge in [0.1, 0.15) is 11.6 Å². The van der Waals surface area contributed by atoms with Crippen molar-refractivity contribution in [2.24, 2.45) is 0 Å². The van der Waals surface area contributed by atoms with E-state index < -0.39 is 34.9 Å². The summed E-state index contributed by atoms with van der Waals surface area (Å²) in [4.78, 5) is 0. The first-order valence-electron chi connectivity index (χ1n) is 9.52. The lowest BCUT2D eigenvalue weighted by Crippen LogP contribution is -1.94. The molecule has 0 amide bonds. The van der Waals surface area contributed by atoms with Crippen LogP contribution < -0.4 is 0 Å². The number of halogens is 6. The average molecular weight is 432 g/mol. The SMILES string of the molecule is CC=CCCC(F)=C(F)c1ccc(-c2ccc(-c3cc(F)c(F)c(F)c3)c(F)c2)cc1. The first kappa shape index (κ1) is 22.4. The second-order valence-corrected chi connectivity index (χ2v) is 6.85. The largest absolute Gasteiger partial charge is 0.209 e. The molecule has 0 nitrogen and oxygen atoms in total. The lowest BCUT2D eigenvalue weighted by Gasteiger charge is -2.09. The Balaban J connectivity index is 1.86. The molecule has 3 aromatic carbocycles. The van der Waals surface area contributed by atoms with Crippen LogP contribution in [0.4, 0.5) is 26.3 Å². The number of allylic oxidation sites excluding steroid dienone is 3. The molecule has 0 saturated carbocycles. The van der Waals surface area contributed by atoms with Crippen LogP contribution in [-0.2, 0) is 0 Å². The maximum atomic E-state index is 14.6. The van der Waals surface area contributed by atoms with E-state index in [1.165, 1.54) is 36.4 Å². The summed E-state index contributed by atoms with van der Waals surface area (Å²) in [6.07, 6.45) is 3.84. The van der Waals surface area contributed by atoms with Gasteiger partial charge in [0.15, 0.2) is 23.3 Å². The zero-order valence-corrected chi connectivity index (χ0v) is 16.5. The highest BCUT2D eigenvalue weighted by molar-refractivity contribution is 5.72. The fourth-order valence-electron chi connectivity index (χ4n) is 3.09. The third-order valence-electron chi connectivity index (χ3n) is 4.74. The molecule has 0 saturated heterocycles. The van der Waals surface area contributed by atoms with Crippen LogP contribution in [0.2, 0.25) is 0 Å². The lowest BCUT2D eigenvalue weighted by atomic mass is 9.98. The van der Waals surface area contributed by atoms with Gasteiger partial charge in [0.05, 0.1) is 0 Å². The molecular weight excluding hydrogens is 414 g/mol. The molecule has 3 rings (SSSR count). The zero-order valence-electron chi connectivity index (χ0n) is 16.5. The van der Waals surface area contributed by atoms with Crippen LogP contribution in [0.5, 0.6) is 0 Å². The Morgan fingerprint density at radius 2 is 1.32 bits per heavy atom. The molecule has 0 radical (unpaired) electrons. The van der Waals surface area contributed by atoms with Gasteiger partial charge in [-0.1, -0.05) is 48.6 Å². The van der Waals surface area contributed by atoms with Gasteiger partial charge in [-0.05, 0) is 48.2 Å². The molecule has 31 heavy (non-hydrogen) atoms. The molecule has 0 aliphatic rings.